The molecule has 4 atom stereocenters. The van der Waals surface area contributed by atoms with Crippen LogP contribution in [0.2, 0.25) is 5.02 Å². The number of anilines is 2. The first-order valence-corrected chi connectivity index (χ1v) is 13.0. The standard InChI is InChI=1S/C32H23ClN2O3/c1-18(36)29-28(30(37)20-10-13-21(33)14-11-20)32(24-8-4-5-9-25(24)34-31(32)38)27-17-15-23-22-7-3-2-6-19(22)12-16-26(23)35(27)29/h2-17,27-29H,1H3,(H,34,38)/t27-,28+,29+,32-/m0/s1. The molecule has 0 aromatic heterocycles. The Balaban J connectivity index is 1.53. The number of fused-ring (bicyclic) bond motifs is 8. The van der Waals surface area contributed by atoms with Gasteiger partial charge in [0.1, 0.15) is 5.41 Å². The fourth-order valence-electron chi connectivity index (χ4n) is 6.88. The van der Waals surface area contributed by atoms with Crippen LogP contribution in [0.15, 0.2) is 91.0 Å². The van der Waals surface area contributed by atoms with Gasteiger partial charge >= 0.3 is 0 Å². The molecule has 1 spiro atoms. The number of amides is 1. The molecule has 0 radical (unpaired) electrons. The van der Waals surface area contributed by atoms with Gasteiger partial charge in [-0.3, -0.25) is 14.4 Å². The van der Waals surface area contributed by atoms with Crippen molar-refractivity contribution in [2.75, 3.05) is 10.2 Å². The highest BCUT2D eigenvalue weighted by atomic mass is 35.5. The number of Topliss-reactive ketones (excluding diaryl/α,β-unsaturated/α-hetero) is 2. The van der Waals surface area contributed by atoms with Crippen molar-refractivity contribution >= 4 is 57.3 Å². The third-order valence-electron chi connectivity index (χ3n) is 8.37. The van der Waals surface area contributed by atoms with Crippen LogP contribution in [0.3, 0.4) is 0 Å². The lowest BCUT2D eigenvalue weighted by Crippen LogP contribution is -2.51. The lowest BCUT2D eigenvalue weighted by molar-refractivity contribution is -0.122. The minimum absolute atomic E-state index is 0.161. The number of benzene rings is 4. The topological polar surface area (TPSA) is 66.5 Å². The van der Waals surface area contributed by atoms with Crippen LogP contribution < -0.4 is 10.2 Å². The number of hydrogen-bond donors (Lipinski definition) is 1. The number of rotatable bonds is 3. The van der Waals surface area contributed by atoms with Crippen molar-refractivity contribution in [2.45, 2.75) is 24.4 Å². The van der Waals surface area contributed by atoms with Gasteiger partial charge in [-0.1, -0.05) is 72.3 Å². The molecular formula is C32H23ClN2O3. The number of carbonyl (C=O) groups excluding carboxylic acids is 3. The SMILES string of the molecule is CC(=O)[C@@H]1[C@H](C(=O)c2ccc(Cl)cc2)[C@@]2(C(=O)Nc3ccccc32)[C@@H]2C=Cc3c(ccc4ccccc34)N12. The van der Waals surface area contributed by atoms with Crippen LogP contribution in [-0.2, 0) is 15.0 Å². The highest BCUT2D eigenvalue weighted by molar-refractivity contribution is 6.30. The van der Waals surface area contributed by atoms with Crippen LogP contribution in [0, 0.1) is 5.92 Å². The third-order valence-corrected chi connectivity index (χ3v) is 8.62. The van der Waals surface area contributed by atoms with Crippen molar-refractivity contribution in [1.82, 2.24) is 0 Å². The summed E-state index contributed by atoms with van der Waals surface area (Å²) in [6.45, 7) is 1.51. The lowest BCUT2D eigenvalue weighted by atomic mass is 9.64. The van der Waals surface area contributed by atoms with E-state index in [-0.39, 0.29) is 17.5 Å². The van der Waals surface area contributed by atoms with Crippen molar-refractivity contribution in [3.8, 4) is 0 Å². The maximum Gasteiger partial charge on any atom is 0.238 e. The van der Waals surface area contributed by atoms with Crippen LogP contribution in [-0.4, -0.2) is 29.6 Å². The van der Waals surface area contributed by atoms with E-state index in [4.69, 9.17) is 11.6 Å². The number of nitrogens with one attached hydrogen (secondary N) is 1. The van der Waals surface area contributed by atoms with E-state index in [9.17, 15) is 14.4 Å². The largest absolute Gasteiger partial charge is 0.352 e. The van der Waals surface area contributed by atoms with E-state index >= 15 is 0 Å². The van der Waals surface area contributed by atoms with Gasteiger partial charge in [0, 0.05) is 27.5 Å². The van der Waals surface area contributed by atoms with Gasteiger partial charge in [-0.25, -0.2) is 0 Å². The summed E-state index contributed by atoms with van der Waals surface area (Å²) in [7, 11) is 0. The van der Waals surface area contributed by atoms with Gasteiger partial charge in [-0.05, 0) is 59.7 Å². The monoisotopic (exact) mass is 518 g/mol. The van der Waals surface area contributed by atoms with Crippen molar-refractivity contribution in [2.24, 2.45) is 5.92 Å². The van der Waals surface area contributed by atoms with Crippen LogP contribution in [0.1, 0.15) is 28.4 Å². The van der Waals surface area contributed by atoms with Crippen molar-refractivity contribution in [3.63, 3.8) is 0 Å². The predicted molar refractivity (Wildman–Crippen MR) is 150 cm³/mol. The van der Waals surface area contributed by atoms with Crippen LogP contribution in [0.5, 0.6) is 0 Å². The summed E-state index contributed by atoms with van der Waals surface area (Å²) in [6.07, 6.45) is 4.04. The molecule has 3 aliphatic heterocycles. The van der Waals surface area contributed by atoms with Crippen LogP contribution >= 0.6 is 11.6 Å². The lowest BCUT2D eigenvalue weighted by Gasteiger charge is -2.38. The number of halogens is 1. The third kappa shape index (κ3) is 2.91. The van der Waals surface area contributed by atoms with E-state index in [0.29, 0.717) is 16.3 Å². The predicted octanol–water partition coefficient (Wildman–Crippen LogP) is 6.06. The number of hydrogen-bond acceptors (Lipinski definition) is 4. The molecule has 186 valence electrons. The quantitative estimate of drug-likeness (QED) is 0.335. The molecule has 38 heavy (non-hydrogen) atoms. The zero-order chi connectivity index (χ0) is 26.2. The molecule has 1 saturated heterocycles. The first-order chi connectivity index (χ1) is 18.4. The van der Waals surface area contributed by atoms with E-state index in [0.717, 1.165) is 27.6 Å². The molecule has 3 aliphatic rings. The summed E-state index contributed by atoms with van der Waals surface area (Å²) in [5.74, 6) is -1.62. The summed E-state index contributed by atoms with van der Waals surface area (Å²) in [5, 5.41) is 5.69. The number of nitrogens with zero attached hydrogens (tertiary/aromatic N) is 1. The number of ketones is 2. The van der Waals surface area contributed by atoms with E-state index in [1.54, 1.807) is 24.3 Å². The minimum atomic E-state index is -1.29. The zero-order valence-corrected chi connectivity index (χ0v) is 21.3. The van der Waals surface area contributed by atoms with Gasteiger partial charge < -0.3 is 10.2 Å². The molecule has 6 heteroatoms. The highest BCUT2D eigenvalue weighted by Crippen LogP contribution is 2.58. The first-order valence-electron chi connectivity index (χ1n) is 12.6. The zero-order valence-electron chi connectivity index (χ0n) is 20.5. The Morgan fingerprint density at radius 3 is 2.45 bits per heavy atom. The molecule has 1 N–H and O–H groups in total. The molecule has 0 bridgehead atoms. The van der Waals surface area contributed by atoms with Gasteiger partial charge in [0.25, 0.3) is 0 Å². The Hall–Kier alpha value is -4.22. The maximum absolute atomic E-state index is 14.4. The number of carbonyl (C=O) groups is 3. The van der Waals surface area contributed by atoms with Gasteiger partial charge in [0.05, 0.1) is 18.0 Å². The maximum atomic E-state index is 14.4. The second-order valence-corrected chi connectivity index (χ2v) is 10.6. The fraction of sp³-hybridized carbons (Fsp3) is 0.156. The second kappa shape index (κ2) is 8.14. The van der Waals surface area contributed by atoms with Gasteiger partial charge in [0.2, 0.25) is 5.91 Å². The molecule has 5 nitrogen and oxygen atoms in total. The first kappa shape index (κ1) is 22.9. The molecule has 0 saturated carbocycles. The van der Waals surface area contributed by atoms with Crippen molar-refractivity contribution in [1.29, 1.82) is 0 Å². The van der Waals surface area contributed by atoms with Gasteiger partial charge in [-0.15, -0.1) is 0 Å². The minimum Gasteiger partial charge on any atom is -0.352 e. The molecule has 0 unspecified atom stereocenters. The van der Waals surface area contributed by atoms with E-state index < -0.39 is 23.4 Å². The Morgan fingerprint density at radius 1 is 0.921 bits per heavy atom. The Morgan fingerprint density at radius 2 is 1.66 bits per heavy atom. The normalized spacial score (nSPS) is 24.7. The average Bonchev–Trinajstić information content (AvgIpc) is 3.41. The van der Waals surface area contributed by atoms with E-state index in [2.05, 4.69) is 17.4 Å². The van der Waals surface area contributed by atoms with Crippen LogP contribution in [0.4, 0.5) is 11.4 Å². The molecular weight excluding hydrogens is 496 g/mol. The van der Waals surface area contributed by atoms with Crippen LogP contribution in [0.25, 0.3) is 16.8 Å². The summed E-state index contributed by atoms with van der Waals surface area (Å²) in [6, 6.07) is 24.9. The van der Waals surface area contributed by atoms with Crippen molar-refractivity contribution < 1.29 is 14.4 Å². The smallest absolute Gasteiger partial charge is 0.238 e. The summed E-state index contributed by atoms with van der Waals surface area (Å²) >= 11 is 6.12. The molecule has 4 aromatic rings. The Bertz CT molecular complexity index is 1710. The van der Waals surface area contributed by atoms with Crippen molar-refractivity contribution in [3.05, 3.63) is 113 Å². The molecule has 1 fully saturated rings. The summed E-state index contributed by atoms with van der Waals surface area (Å²) < 4.78 is 0. The molecule has 4 aromatic carbocycles. The Labute approximate surface area is 224 Å². The molecule has 3 heterocycles. The summed E-state index contributed by atoms with van der Waals surface area (Å²) in [5.41, 5.74) is 2.37. The van der Waals surface area contributed by atoms with Gasteiger partial charge in [-0.2, -0.15) is 0 Å². The molecule has 0 aliphatic carbocycles. The Kier molecular flexibility index (Phi) is 4.91. The summed E-state index contributed by atoms with van der Waals surface area (Å²) in [4.78, 5) is 44.2. The molecule has 7 rings (SSSR count). The van der Waals surface area contributed by atoms with Gasteiger partial charge in [0.15, 0.2) is 11.6 Å². The average molecular weight is 519 g/mol. The second-order valence-electron chi connectivity index (χ2n) is 10.2. The highest BCUT2D eigenvalue weighted by Gasteiger charge is 2.69. The molecule has 1 amide bonds. The van der Waals surface area contributed by atoms with E-state index in [1.165, 1.54) is 6.92 Å². The van der Waals surface area contributed by atoms with E-state index in [1.807, 2.05) is 65.6 Å². The fourth-order valence-corrected chi connectivity index (χ4v) is 7.01. The number of para-hydroxylation sites is 1.